The van der Waals surface area contributed by atoms with Gasteiger partial charge in [0.05, 0.1) is 12.3 Å². The molecule has 0 heterocycles. The molecular formula is C27H43N3O6P. The highest BCUT2D eigenvalue weighted by Gasteiger charge is 2.37. The van der Waals surface area contributed by atoms with E-state index < -0.39 is 43.3 Å². The van der Waals surface area contributed by atoms with Crippen LogP contribution >= 0.6 is 7.37 Å². The van der Waals surface area contributed by atoms with E-state index in [-0.39, 0.29) is 18.2 Å². The number of amides is 3. The summed E-state index contributed by atoms with van der Waals surface area (Å²) in [5.41, 5.74) is 1.07. The summed E-state index contributed by atoms with van der Waals surface area (Å²) in [6.07, 6.45) is 3.54. The molecule has 0 fully saturated rings. The van der Waals surface area contributed by atoms with Gasteiger partial charge in [-0.1, -0.05) is 51.1 Å². The molecule has 10 heteroatoms. The normalized spacial score (nSPS) is 15.2. The van der Waals surface area contributed by atoms with E-state index in [0.29, 0.717) is 32.2 Å². The van der Waals surface area contributed by atoms with Crippen molar-refractivity contribution in [3.63, 3.8) is 0 Å². The fraction of sp³-hybridized carbons (Fsp3) is 0.630. The number of hydrogen-bond donors (Lipinski definition) is 2. The molecule has 0 bridgehead atoms. The lowest BCUT2D eigenvalue weighted by molar-refractivity contribution is -0.138. The Kier molecular flexibility index (Phi) is 13.8. The molecule has 0 aliphatic carbocycles. The van der Waals surface area contributed by atoms with Gasteiger partial charge in [0.1, 0.15) is 11.8 Å². The largest absolute Gasteiger partial charge is 0.343 e. The van der Waals surface area contributed by atoms with Crippen LogP contribution in [-0.2, 0) is 30.2 Å². The van der Waals surface area contributed by atoms with Crippen LogP contribution in [0.15, 0.2) is 30.3 Å². The Balaban J connectivity index is 2.99. The molecule has 1 aromatic carbocycles. The van der Waals surface area contributed by atoms with E-state index in [1.54, 1.807) is 6.92 Å². The van der Waals surface area contributed by atoms with Crippen LogP contribution in [0, 0.1) is 5.92 Å². The average Bonchev–Trinajstić information content (AvgIpc) is 2.84. The lowest BCUT2D eigenvalue weighted by atomic mass is 10.0. The quantitative estimate of drug-likeness (QED) is 0.311. The van der Waals surface area contributed by atoms with Crippen molar-refractivity contribution in [1.82, 2.24) is 15.1 Å². The van der Waals surface area contributed by atoms with Gasteiger partial charge in [-0.25, -0.2) is 0 Å². The second kappa shape index (κ2) is 15.7. The number of nitrogens with zero attached hydrogens (tertiary/aromatic N) is 2. The first-order valence-electron chi connectivity index (χ1n) is 12.9. The minimum absolute atomic E-state index is 0.0539. The zero-order valence-corrected chi connectivity index (χ0v) is 23.9. The van der Waals surface area contributed by atoms with Gasteiger partial charge in [-0.2, -0.15) is 0 Å². The SMILES string of the molecule is CCCN(C(C)=O)[C@@H](C)C(=O)N[C@@H](C)P(=O)(O)CN(C(=O)CCCc1ccccc1)[C@H]([C]=O)CC(C)C. The predicted molar refractivity (Wildman–Crippen MR) is 145 cm³/mol. The van der Waals surface area contributed by atoms with Crippen molar-refractivity contribution in [2.75, 3.05) is 12.8 Å². The van der Waals surface area contributed by atoms with Gasteiger partial charge in [0.2, 0.25) is 31.4 Å². The summed E-state index contributed by atoms with van der Waals surface area (Å²) in [6, 6.07) is 7.87. The highest BCUT2D eigenvalue weighted by Crippen LogP contribution is 2.46. The summed E-state index contributed by atoms with van der Waals surface area (Å²) >= 11 is 0. The van der Waals surface area contributed by atoms with Gasteiger partial charge >= 0.3 is 0 Å². The summed E-state index contributed by atoms with van der Waals surface area (Å²) in [5.74, 6) is -2.37. The van der Waals surface area contributed by atoms with Crippen LogP contribution in [0.3, 0.4) is 0 Å². The molecule has 0 saturated heterocycles. The van der Waals surface area contributed by atoms with Crippen LogP contribution in [0.4, 0.5) is 0 Å². The van der Waals surface area contributed by atoms with E-state index in [9.17, 15) is 28.6 Å². The highest BCUT2D eigenvalue weighted by atomic mass is 31.2. The molecule has 1 rings (SSSR count). The third-order valence-corrected chi connectivity index (χ3v) is 8.30. The number of rotatable bonds is 16. The molecular weight excluding hydrogens is 493 g/mol. The van der Waals surface area contributed by atoms with E-state index >= 15 is 0 Å². The summed E-state index contributed by atoms with van der Waals surface area (Å²) in [4.78, 5) is 63.1. The molecule has 3 amide bonds. The van der Waals surface area contributed by atoms with E-state index in [1.807, 2.05) is 57.4 Å². The predicted octanol–water partition coefficient (Wildman–Crippen LogP) is 3.70. The van der Waals surface area contributed by atoms with Crippen LogP contribution in [0.1, 0.15) is 72.8 Å². The Bertz CT molecular complexity index is 939. The Morgan fingerprint density at radius 1 is 1.08 bits per heavy atom. The Morgan fingerprint density at radius 3 is 2.22 bits per heavy atom. The number of carbonyl (C=O) groups is 3. The van der Waals surface area contributed by atoms with Gasteiger partial charge in [-0.15, -0.1) is 0 Å². The van der Waals surface area contributed by atoms with Gasteiger partial charge in [-0.05, 0) is 51.0 Å². The van der Waals surface area contributed by atoms with E-state index in [1.165, 1.54) is 18.7 Å². The molecule has 37 heavy (non-hydrogen) atoms. The minimum Gasteiger partial charge on any atom is -0.343 e. The molecule has 0 saturated carbocycles. The summed E-state index contributed by atoms with van der Waals surface area (Å²) < 4.78 is 13.4. The van der Waals surface area contributed by atoms with E-state index in [0.717, 1.165) is 10.5 Å². The number of benzene rings is 1. The Morgan fingerprint density at radius 2 is 1.70 bits per heavy atom. The summed E-state index contributed by atoms with van der Waals surface area (Å²) in [7, 11) is -4.17. The molecule has 207 valence electrons. The molecule has 1 aromatic rings. The van der Waals surface area contributed by atoms with Crippen molar-refractivity contribution in [2.24, 2.45) is 5.92 Å². The van der Waals surface area contributed by atoms with Crippen molar-refractivity contribution in [2.45, 2.75) is 91.5 Å². The average molecular weight is 537 g/mol. The second-order valence-corrected chi connectivity index (χ2v) is 12.5. The lowest BCUT2D eigenvalue weighted by Gasteiger charge is -2.33. The summed E-state index contributed by atoms with van der Waals surface area (Å²) in [6.45, 7) is 10.4. The van der Waals surface area contributed by atoms with Crippen molar-refractivity contribution >= 4 is 31.4 Å². The summed E-state index contributed by atoms with van der Waals surface area (Å²) in [5, 5.41) is 2.54. The maximum atomic E-state index is 13.4. The Hall–Kier alpha value is -2.51. The van der Waals surface area contributed by atoms with Crippen molar-refractivity contribution in [3.8, 4) is 0 Å². The van der Waals surface area contributed by atoms with E-state index in [2.05, 4.69) is 5.32 Å². The first-order valence-corrected chi connectivity index (χ1v) is 14.9. The van der Waals surface area contributed by atoms with Crippen molar-refractivity contribution in [3.05, 3.63) is 35.9 Å². The van der Waals surface area contributed by atoms with Crippen molar-refractivity contribution in [1.29, 1.82) is 0 Å². The monoisotopic (exact) mass is 536 g/mol. The van der Waals surface area contributed by atoms with Gasteiger partial charge in [0, 0.05) is 19.9 Å². The molecule has 0 spiro atoms. The smallest absolute Gasteiger partial charge is 0.243 e. The highest BCUT2D eigenvalue weighted by molar-refractivity contribution is 7.58. The standard InChI is InChI=1S/C27H43N3O6P/c1-7-16-29(23(6)32)21(4)27(34)28-22(5)37(35,36)19-30(25(18-31)17-20(2)3)26(33)15-11-14-24-12-9-8-10-13-24/h8-10,12-13,20-22,25H,7,11,14-17,19H2,1-6H3,(H,28,34)(H,35,36)/t21-,22+,25-/m0/s1. The first-order chi connectivity index (χ1) is 17.3. The van der Waals surface area contributed by atoms with Crippen LogP contribution in [-0.4, -0.2) is 69.4 Å². The molecule has 2 N–H and O–H groups in total. The molecule has 9 nitrogen and oxygen atoms in total. The number of hydrogen-bond acceptors (Lipinski definition) is 5. The third kappa shape index (κ3) is 10.8. The number of nitrogens with one attached hydrogen (secondary N) is 1. The van der Waals surface area contributed by atoms with Crippen molar-refractivity contribution < 1.29 is 28.6 Å². The molecule has 0 aliphatic rings. The zero-order valence-electron chi connectivity index (χ0n) is 23.0. The molecule has 0 aliphatic heterocycles. The van der Waals surface area contributed by atoms with Crippen LogP contribution in [0.25, 0.3) is 0 Å². The molecule has 4 atom stereocenters. The second-order valence-electron chi connectivity index (χ2n) is 9.94. The van der Waals surface area contributed by atoms with E-state index in [4.69, 9.17) is 0 Å². The van der Waals surface area contributed by atoms with Crippen LogP contribution < -0.4 is 5.32 Å². The topological polar surface area (TPSA) is 124 Å². The van der Waals surface area contributed by atoms with Gasteiger partial charge in [0.15, 0.2) is 0 Å². The first kappa shape index (κ1) is 32.5. The molecule has 0 aromatic heterocycles. The molecule has 1 radical (unpaired) electrons. The fourth-order valence-electron chi connectivity index (χ4n) is 4.04. The Labute approximate surface area is 221 Å². The minimum atomic E-state index is -4.17. The van der Waals surface area contributed by atoms with Gasteiger partial charge in [-0.3, -0.25) is 23.7 Å². The number of carbonyl (C=O) groups excluding carboxylic acids is 4. The maximum absolute atomic E-state index is 13.4. The van der Waals surface area contributed by atoms with Gasteiger partial charge < -0.3 is 20.0 Å². The molecule has 1 unspecified atom stereocenters. The third-order valence-electron chi connectivity index (χ3n) is 6.25. The number of aryl methyl sites for hydroxylation is 1. The lowest BCUT2D eigenvalue weighted by Crippen LogP contribution is -2.50. The zero-order chi connectivity index (χ0) is 28.2. The maximum Gasteiger partial charge on any atom is 0.243 e. The van der Waals surface area contributed by atoms with Gasteiger partial charge in [0.25, 0.3) is 0 Å². The van der Waals surface area contributed by atoms with Crippen LogP contribution in [0.2, 0.25) is 0 Å². The fourth-order valence-corrected chi connectivity index (χ4v) is 5.41. The van der Waals surface area contributed by atoms with Crippen LogP contribution in [0.5, 0.6) is 0 Å².